The second-order valence-corrected chi connectivity index (χ2v) is 11.5. The minimum absolute atomic E-state index is 0.195. The van der Waals surface area contributed by atoms with Gasteiger partial charge >= 0.3 is 6.03 Å². The highest BCUT2D eigenvalue weighted by Gasteiger charge is 2.42. The van der Waals surface area contributed by atoms with Crippen LogP contribution in [0.25, 0.3) is 0 Å². The molecule has 1 heterocycles. The van der Waals surface area contributed by atoms with Gasteiger partial charge in [0.05, 0.1) is 7.11 Å². The molecule has 1 aliphatic heterocycles. The molecule has 11 heteroatoms. The Balaban J connectivity index is 1.78. The number of benzene rings is 1. The van der Waals surface area contributed by atoms with Crippen molar-refractivity contribution in [2.24, 2.45) is 11.0 Å². The summed E-state index contributed by atoms with van der Waals surface area (Å²) in [6.45, 7) is 4.89. The Bertz CT molecular complexity index is 1010. The number of thioether (sulfide) groups is 1. The normalized spacial score (nSPS) is 18.7. The van der Waals surface area contributed by atoms with E-state index in [0.717, 1.165) is 30.8 Å². The molecule has 38 heavy (non-hydrogen) atoms. The maximum absolute atomic E-state index is 13.6. The summed E-state index contributed by atoms with van der Waals surface area (Å²) < 4.78 is 11.1. The predicted molar refractivity (Wildman–Crippen MR) is 149 cm³/mol. The minimum Gasteiger partial charge on any atom is -0.497 e. The molecule has 1 fully saturated rings. The Kier molecular flexibility index (Phi) is 10.8. The summed E-state index contributed by atoms with van der Waals surface area (Å²) in [5.41, 5.74) is -0.524. The molecular weight excluding hydrogens is 506 g/mol. The van der Waals surface area contributed by atoms with Crippen LogP contribution in [0.5, 0.6) is 5.75 Å². The fraction of sp³-hybridized carbons (Fsp3) is 0.630. The van der Waals surface area contributed by atoms with Crippen molar-refractivity contribution in [1.29, 1.82) is 0 Å². The van der Waals surface area contributed by atoms with Crippen molar-refractivity contribution in [3.05, 3.63) is 29.8 Å². The zero-order valence-corrected chi connectivity index (χ0v) is 23.9. The van der Waals surface area contributed by atoms with E-state index in [1.165, 1.54) is 11.8 Å². The Labute approximate surface area is 229 Å². The second kappa shape index (κ2) is 13.8. The van der Waals surface area contributed by atoms with Gasteiger partial charge in [-0.25, -0.2) is 4.79 Å². The lowest BCUT2D eigenvalue weighted by Gasteiger charge is -2.39. The van der Waals surface area contributed by atoms with Crippen molar-refractivity contribution in [1.82, 2.24) is 20.5 Å². The van der Waals surface area contributed by atoms with Crippen LogP contribution in [0.4, 0.5) is 4.79 Å². The minimum atomic E-state index is -1.12. The number of nitrogens with zero attached hydrogens (tertiary/aromatic N) is 3. The van der Waals surface area contributed by atoms with E-state index in [-0.39, 0.29) is 18.1 Å². The molecule has 1 aromatic rings. The number of carbonyl (C=O) groups excluding carboxylic acids is 3. The molecule has 2 N–H and O–H groups in total. The number of amides is 3. The lowest BCUT2D eigenvalue weighted by atomic mass is 9.88. The standard InChI is InChI=1S/C27H41N5O5S/c1-19(2)12-13-22(33)24-32(30-26(37-24)38-17-16-31(3)4)25(35)29-27(14-7-6-8-15-27)28-23(34)20-10-9-11-21(18-20)36-5/h9-11,18-19,24H,6-8,12-17H2,1-5H3,(H,28,34)(H,29,35). The van der Waals surface area contributed by atoms with Crippen molar-refractivity contribution >= 4 is 34.7 Å². The van der Waals surface area contributed by atoms with Gasteiger partial charge in [0.15, 0.2) is 5.78 Å². The molecule has 3 rings (SSSR count). The molecule has 2 aliphatic rings. The first-order chi connectivity index (χ1) is 18.1. The van der Waals surface area contributed by atoms with E-state index >= 15 is 0 Å². The lowest BCUT2D eigenvalue weighted by molar-refractivity contribution is -0.131. The number of Topliss-reactive ketones (excluding diaryl/α,β-unsaturated/α-hetero) is 1. The largest absolute Gasteiger partial charge is 0.497 e. The Morgan fingerprint density at radius 2 is 1.95 bits per heavy atom. The van der Waals surface area contributed by atoms with Crippen LogP contribution in [-0.4, -0.2) is 78.3 Å². The molecular formula is C27H41N5O5S. The van der Waals surface area contributed by atoms with Crippen LogP contribution in [0.2, 0.25) is 0 Å². The zero-order valence-electron chi connectivity index (χ0n) is 23.1. The van der Waals surface area contributed by atoms with Crippen LogP contribution in [0.15, 0.2) is 29.4 Å². The number of carbonyl (C=O) groups is 3. The molecule has 3 amide bonds. The third-order valence-electron chi connectivity index (χ3n) is 6.58. The number of ether oxygens (including phenoxy) is 2. The number of hydrogen-bond donors (Lipinski definition) is 2. The van der Waals surface area contributed by atoms with Gasteiger partial charge in [0.1, 0.15) is 11.4 Å². The number of nitrogens with one attached hydrogen (secondary N) is 2. The zero-order chi connectivity index (χ0) is 27.7. The first kappa shape index (κ1) is 29.8. The van der Waals surface area contributed by atoms with Crippen LogP contribution in [-0.2, 0) is 9.53 Å². The Morgan fingerprint density at radius 3 is 2.61 bits per heavy atom. The fourth-order valence-electron chi connectivity index (χ4n) is 4.35. The Hall–Kier alpha value is -2.79. The van der Waals surface area contributed by atoms with E-state index in [1.54, 1.807) is 31.4 Å². The van der Waals surface area contributed by atoms with Crippen molar-refractivity contribution in [3.8, 4) is 5.75 Å². The first-order valence-corrected chi connectivity index (χ1v) is 14.2. The maximum Gasteiger partial charge on any atom is 0.343 e. The number of methoxy groups -OCH3 is 1. The van der Waals surface area contributed by atoms with E-state index < -0.39 is 17.9 Å². The molecule has 0 radical (unpaired) electrons. The van der Waals surface area contributed by atoms with E-state index in [9.17, 15) is 14.4 Å². The van der Waals surface area contributed by atoms with Crippen LogP contribution in [0.3, 0.4) is 0 Å². The van der Waals surface area contributed by atoms with Crippen molar-refractivity contribution in [3.63, 3.8) is 0 Å². The molecule has 1 unspecified atom stereocenters. The molecule has 1 atom stereocenters. The van der Waals surface area contributed by atoms with Crippen LogP contribution in [0, 0.1) is 5.92 Å². The summed E-state index contributed by atoms with van der Waals surface area (Å²) in [7, 11) is 5.49. The molecule has 10 nitrogen and oxygen atoms in total. The van der Waals surface area contributed by atoms with Crippen LogP contribution in [0.1, 0.15) is 69.2 Å². The smallest absolute Gasteiger partial charge is 0.343 e. The fourth-order valence-corrected chi connectivity index (χ4v) is 5.28. The quantitative estimate of drug-likeness (QED) is 0.402. The second-order valence-electron chi connectivity index (χ2n) is 10.5. The topological polar surface area (TPSA) is 113 Å². The third-order valence-corrected chi connectivity index (χ3v) is 7.39. The highest BCUT2D eigenvalue weighted by atomic mass is 32.2. The number of urea groups is 1. The lowest BCUT2D eigenvalue weighted by Crippen LogP contribution is -2.64. The summed E-state index contributed by atoms with van der Waals surface area (Å²) >= 11 is 1.37. The van der Waals surface area contributed by atoms with Crippen LogP contribution < -0.4 is 15.4 Å². The summed E-state index contributed by atoms with van der Waals surface area (Å²) in [4.78, 5) is 41.9. The van der Waals surface area contributed by atoms with Gasteiger partial charge in [0.25, 0.3) is 17.4 Å². The SMILES string of the molecule is COc1cccc(C(=O)NC2(NC(=O)N3N=C(SCCN(C)C)OC3C(=O)CCC(C)C)CCCCC2)c1. The van der Waals surface area contributed by atoms with Gasteiger partial charge in [-0.05, 0) is 70.3 Å². The van der Waals surface area contributed by atoms with Crippen molar-refractivity contribution in [2.75, 3.05) is 33.5 Å². The highest BCUT2D eigenvalue weighted by Crippen LogP contribution is 2.29. The summed E-state index contributed by atoms with van der Waals surface area (Å²) in [6, 6.07) is 6.32. The van der Waals surface area contributed by atoms with E-state index in [1.807, 2.05) is 32.8 Å². The molecule has 1 aromatic carbocycles. The van der Waals surface area contributed by atoms with Gasteiger partial charge in [-0.15, -0.1) is 5.10 Å². The van der Waals surface area contributed by atoms with E-state index in [4.69, 9.17) is 9.47 Å². The number of hydrogen-bond acceptors (Lipinski definition) is 8. The van der Waals surface area contributed by atoms with E-state index in [2.05, 4.69) is 15.7 Å². The van der Waals surface area contributed by atoms with Gasteiger partial charge in [0, 0.05) is 24.3 Å². The molecule has 0 saturated heterocycles. The predicted octanol–water partition coefficient (Wildman–Crippen LogP) is 4.02. The third kappa shape index (κ3) is 8.36. The maximum atomic E-state index is 13.6. The average molecular weight is 548 g/mol. The molecule has 210 valence electrons. The number of rotatable bonds is 11. The monoisotopic (exact) mass is 547 g/mol. The molecule has 1 aliphatic carbocycles. The van der Waals surface area contributed by atoms with Gasteiger partial charge in [-0.2, -0.15) is 5.01 Å². The van der Waals surface area contributed by atoms with E-state index in [0.29, 0.717) is 47.5 Å². The summed E-state index contributed by atoms with van der Waals surface area (Å²) in [5, 5.41) is 11.9. The van der Waals surface area contributed by atoms with Crippen molar-refractivity contribution in [2.45, 2.75) is 70.7 Å². The molecule has 0 bridgehead atoms. The van der Waals surface area contributed by atoms with Crippen molar-refractivity contribution < 1.29 is 23.9 Å². The van der Waals surface area contributed by atoms with Gasteiger partial charge in [0.2, 0.25) is 0 Å². The molecule has 0 spiro atoms. The number of hydrazone groups is 1. The van der Waals surface area contributed by atoms with Gasteiger partial charge in [-0.3, -0.25) is 9.59 Å². The van der Waals surface area contributed by atoms with Gasteiger partial charge in [-0.1, -0.05) is 38.1 Å². The van der Waals surface area contributed by atoms with Gasteiger partial charge < -0.3 is 25.0 Å². The van der Waals surface area contributed by atoms with Crippen LogP contribution >= 0.6 is 11.8 Å². The number of ketones is 1. The summed E-state index contributed by atoms with van der Waals surface area (Å²) in [5.74, 6) is 1.12. The Morgan fingerprint density at radius 1 is 1.21 bits per heavy atom. The highest BCUT2D eigenvalue weighted by molar-refractivity contribution is 8.13. The molecule has 0 aromatic heterocycles. The first-order valence-electron chi connectivity index (χ1n) is 13.3. The average Bonchev–Trinajstić information content (AvgIpc) is 3.32. The summed E-state index contributed by atoms with van der Waals surface area (Å²) in [6.07, 6.45) is 3.71. The molecule has 1 saturated carbocycles.